The second-order valence-electron chi connectivity index (χ2n) is 4.77. The predicted octanol–water partition coefficient (Wildman–Crippen LogP) is 1.41. The smallest absolute Gasteiger partial charge is 0.361 e. The average Bonchev–Trinajstić information content (AvgIpc) is 2.78. The normalized spacial score (nSPS) is 23.1. The largest absolute Gasteiger partial charge is 0.457 e. The van der Waals surface area contributed by atoms with Crippen LogP contribution in [0.15, 0.2) is 12.7 Å². The highest BCUT2D eigenvalue weighted by atomic mass is 16.5. The minimum absolute atomic E-state index is 0.0952. The SMILES string of the molecule is C=CCOC(=O)c1nnn(C2CCCCC2O)c1C. The standard InChI is InChI=1S/C13H19N3O3/c1-3-8-19-13(18)12-9(2)16(15-14-12)10-6-4-5-7-11(10)17/h3,10-11,17H,1,4-8H2,2H3. The van der Waals surface area contributed by atoms with Crippen molar-refractivity contribution >= 4 is 5.97 Å². The van der Waals surface area contributed by atoms with Gasteiger partial charge < -0.3 is 9.84 Å². The number of carbonyl (C=O) groups excluding carboxylic acids is 1. The molecular formula is C13H19N3O3. The summed E-state index contributed by atoms with van der Waals surface area (Å²) in [6.45, 7) is 5.41. The molecule has 2 unspecified atom stereocenters. The molecule has 19 heavy (non-hydrogen) atoms. The Kier molecular flexibility index (Phi) is 4.31. The molecule has 2 atom stereocenters. The zero-order chi connectivity index (χ0) is 13.8. The van der Waals surface area contributed by atoms with Crippen LogP contribution in [0.5, 0.6) is 0 Å². The van der Waals surface area contributed by atoms with Gasteiger partial charge in [0.25, 0.3) is 0 Å². The Morgan fingerprint density at radius 1 is 1.58 bits per heavy atom. The third kappa shape index (κ3) is 2.84. The molecule has 1 heterocycles. The van der Waals surface area contributed by atoms with Crippen LogP contribution in [0.3, 0.4) is 0 Å². The van der Waals surface area contributed by atoms with Crippen LogP contribution in [-0.2, 0) is 4.74 Å². The molecule has 1 aromatic heterocycles. The van der Waals surface area contributed by atoms with E-state index in [0.29, 0.717) is 5.69 Å². The third-order valence-corrected chi connectivity index (χ3v) is 3.46. The number of rotatable bonds is 4. The molecule has 0 aliphatic heterocycles. The van der Waals surface area contributed by atoms with Crippen LogP contribution in [0.25, 0.3) is 0 Å². The van der Waals surface area contributed by atoms with Crippen molar-refractivity contribution in [2.24, 2.45) is 0 Å². The minimum Gasteiger partial charge on any atom is -0.457 e. The molecule has 6 heteroatoms. The maximum atomic E-state index is 11.8. The number of carbonyl (C=O) groups is 1. The fourth-order valence-electron chi connectivity index (χ4n) is 2.42. The lowest BCUT2D eigenvalue weighted by Gasteiger charge is -2.28. The number of hydrogen-bond acceptors (Lipinski definition) is 5. The Bertz CT molecular complexity index is 470. The second-order valence-corrected chi connectivity index (χ2v) is 4.77. The van der Waals surface area contributed by atoms with Gasteiger partial charge in [0.15, 0.2) is 5.69 Å². The van der Waals surface area contributed by atoms with Gasteiger partial charge >= 0.3 is 5.97 Å². The fourth-order valence-corrected chi connectivity index (χ4v) is 2.42. The van der Waals surface area contributed by atoms with Crippen molar-refractivity contribution in [1.82, 2.24) is 15.0 Å². The lowest BCUT2D eigenvalue weighted by atomic mass is 9.92. The van der Waals surface area contributed by atoms with Gasteiger partial charge in [-0.15, -0.1) is 5.10 Å². The van der Waals surface area contributed by atoms with Gasteiger partial charge in [-0.1, -0.05) is 30.7 Å². The van der Waals surface area contributed by atoms with E-state index in [0.717, 1.165) is 25.7 Å². The molecule has 1 saturated carbocycles. The number of aromatic nitrogens is 3. The first-order valence-electron chi connectivity index (χ1n) is 6.53. The van der Waals surface area contributed by atoms with Gasteiger partial charge in [-0.05, 0) is 19.8 Å². The number of aliphatic hydroxyl groups is 1. The second kappa shape index (κ2) is 5.97. The average molecular weight is 265 g/mol. The molecule has 0 radical (unpaired) electrons. The molecule has 0 amide bonds. The highest BCUT2D eigenvalue weighted by Gasteiger charge is 2.29. The molecule has 0 bridgehead atoms. The third-order valence-electron chi connectivity index (χ3n) is 3.46. The van der Waals surface area contributed by atoms with Crippen LogP contribution in [0.1, 0.15) is 47.9 Å². The van der Waals surface area contributed by atoms with Gasteiger partial charge in [-0.3, -0.25) is 0 Å². The molecule has 0 saturated heterocycles. The summed E-state index contributed by atoms with van der Waals surface area (Å²) in [5, 5.41) is 17.9. The first-order chi connectivity index (χ1) is 9.15. The monoisotopic (exact) mass is 265 g/mol. The number of esters is 1. The van der Waals surface area contributed by atoms with E-state index in [9.17, 15) is 9.90 Å². The van der Waals surface area contributed by atoms with Crippen molar-refractivity contribution in [1.29, 1.82) is 0 Å². The molecule has 104 valence electrons. The summed E-state index contributed by atoms with van der Waals surface area (Å²) in [4.78, 5) is 11.8. The van der Waals surface area contributed by atoms with Crippen molar-refractivity contribution in [3.63, 3.8) is 0 Å². The van der Waals surface area contributed by atoms with Gasteiger partial charge in [-0.2, -0.15) is 0 Å². The van der Waals surface area contributed by atoms with E-state index < -0.39 is 12.1 Å². The van der Waals surface area contributed by atoms with Crippen LogP contribution in [-0.4, -0.2) is 38.8 Å². The van der Waals surface area contributed by atoms with Gasteiger partial charge in [-0.25, -0.2) is 9.48 Å². The van der Waals surface area contributed by atoms with Crippen LogP contribution < -0.4 is 0 Å². The summed E-state index contributed by atoms with van der Waals surface area (Å²) in [5.41, 5.74) is 0.847. The van der Waals surface area contributed by atoms with E-state index in [2.05, 4.69) is 16.9 Å². The van der Waals surface area contributed by atoms with E-state index in [1.54, 1.807) is 11.6 Å². The van der Waals surface area contributed by atoms with Crippen molar-refractivity contribution in [2.45, 2.75) is 44.8 Å². The Hall–Kier alpha value is -1.69. The number of nitrogens with zero attached hydrogens (tertiary/aromatic N) is 3. The number of aliphatic hydroxyl groups excluding tert-OH is 1. The summed E-state index contributed by atoms with van der Waals surface area (Å²) in [5.74, 6) is -0.506. The van der Waals surface area contributed by atoms with Gasteiger partial charge in [0, 0.05) is 0 Å². The molecule has 1 fully saturated rings. The van der Waals surface area contributed by atoms with Crippen molar-refractivity contribution in [3.8, 4) is 0 Å². The molecule has 0 aromatic carbocycles. The van der Waals surface area contributed by atoms with Crippen molar-refractivity contribution < 1.29 is 14.6 Å². The first kappa shape index (κ1) is 13.7. The van der Waals surface area contributed by atoms with Crippen molar-refractivity contribution in [3.05, 3.63) is 24.0 Å². The fraction of sp³-hybridized carbons (Fsp3) is 0.615. The maximum Gasteiger partial charge on any atom is 0.361 e. The molecule has 6 nitrogen and oxygen atoms in total. The van der Waals surface area contributed by atoms with Gasteiger partial charge in [0.05, 0.1) is 17.8 Å². The zero-order valence-electron chi connectivity index (χ0n) is 11.1. The highest BCUT2D eigenvalue weighted by molar-refractivity contribution is 5.88. The molecular weight excluding hydrogens is 246 g/mol. The van der Waals surface area contributed by atoms with Gasteiger partial charge in [0.2, 0.25) is 0 Å². The Morgan fingerprint density at radius 3 is 3.00 bits per heavy atom. The Morgan fingerprint density at radius 2 is 2.32 bits per heavy atom. The lowest BCUT2D eigenvalue weighted by Crippen LogP contribution is -2.29. The molecule has 2 rings (SSSR count). The Balaban J connectivity index is 2.17. The maximum absolute atomic E-state index is 11.8. The molecule has 1 aromatic rings. The molecule has 1 N–H and O–H groups in total. The zero-order valence-corrected chi connectivity index (χ0v) is 11.1. The van der Waals surface area contributed by atoms with E-state index >= 15 is 0 Å². The number of ether oxygens (including phenoxy) is 1. The number of hydrogen-bond donors (Lipinski definition) is 1. The summed E-state index contributed by atoms with van der Waals surface area (Å²) in [6, 6.07) is -0.0952. The summed E-state index contributed by atoms with van der Waals surface area (Å²) >= 11 is 0. The highest BCUT2D eigenvalue weighted by Crippen LogP contribution is 2.29. The predicted molar refractivity (Wildman–Crippen MR) is 68.8 cm³/mol. The van der Waals surface area contributed by atoms with E-state index in [1.807, 2.05) is 0 Å². The van der Waals surface area contributed by atoms with E-state index in [4.69, 9.17) is 4.74 Å². The van der Waals surface area contributed by atoms with Crippen LogP contribution in [0, 0.1) is 6.92 Å². The minimum atomic E-state index is -0.506. The van der Waals surface area contributed by atoms with Gasteiger partial charge in [0.1, 0.15) is 6.61 Å². The topological polar surface area (TPSA) is 77.2 Å². The van der Waals surface area contributed by atoms with Crippen LogP contribution >= 0.6 is 0 Å². The van der Waals surface area contributed by atoms with Crippen molar-refractivity contribution in [2.75, 3.05) is 6.61 Å². The first-order valence-corrected chi connectivity index (χ1v) is 6.53. The molecule has 1 aliphatic carbocycles. The van der Waals surface area contributed by atoms with Crippen LogP contribution in [0.4, 0.5) is 0 Å². The lowest BCUT2D eigenvalue weighted by molar-refractivity contribution is 0.0539. The van der Waals surface area contributed by atoms with E-state index in [1.165, 1.54) is 6.08 Å². The summed E-state index contributed by atoms with van der Waals surface area (Å²) in [7, 11) is 0. The Labute approximate surface area is 112 Å². The van der Waals surface area contributed by atoms with Crippen LogP contribution in [0.2, 0.25) is 0 Å². The molecule has 0 spiro atoms. The summed E-state index contributed by atoms with van der Waals surface area (Å²) < 4.78 is 6.60. The molecule has 1 aliphatic rings. The van der Waals surface area contributed by atoms with E-state index in [-0.39, 0.29) is 18.3 Å². The quantitative estimate of drug-likeness (QED) is 0.658. The summed E-state index contributed by atoms with van der Waals surface area (Å²) in [6.07, 6.45) is 4.78.